The van der Waals surface area contributed by atoms with E-state index in [-0.39, 0.29) is 18.4 Å². The number of thiophene rings is 1. The molecule has 0 saturated heterocycles. The second-order valence-electron chi connectivity index (χ2n) is 6.37. The van der Waals surface area contributed by atoms with Crippen molar-refractivity contribution < 1.29 is 28.5 Å². The van der Waals surface area contributed by atoms with E-state index in [9.17, 15) is 9.32 Å². The molecular weight excluding hydrogens is 411 g/mol. The first kappa shape index (κ1) is 21.6. The van der Waals surface area contributed by atoms with E-state index in [1.807, 2.05) is 44.5 Å². The molecule has 1 aromatic carbocycles. The Bertz CT molecular complexity index is 1030. The van der Waals surface area contributed by atoms with Gasteiger partial charge >= 0.3 is 5.97 Å². The van der Waals surface area contributed by atoms with Gasteiger partial charge in [-0.25, -0.2) is 14.7 Å². The monoisotopic (exact) mass is 434 g/mol. The largest absolute Gasteiger partial charge is 0.493 e. The Hall–Kier alpha value is -3.07. The van der Waals surface area contributed by atoms with Gasteiger partial charge in [-0.1, -0.05) is 13.8 Å². The van der Waals surface area contributed by atoms with Gasteiger partial charge in [0.05, 0.1) is 24.6 Å². The highest BCUT2D eigenvalue weighted by Gasteiger charge is 2.31. The van der Waals surface area contributed by atoms with E-state index in [1.165, 1.54) is 11.3 Å². The minimum absolute atomic E-state index is 0.0299. The van der Waals surface area contributed by atoms with Gasteiger partial charge in [0, 0.05) is 27.6 Å². The zero-order chi connectivity index (χ0) is 21.8. The van der Waals surface area contributed by atoms with E-state index in [0.717, 1.165) is 5.56 Å². The van der Waals surface area contributed by atoms with Crippen LogP contribution in [0.15, 0.2) is 29.0 Å². The molecule has 9 heteroatoms. The van der Waals surface area contributed by atoms with E-state index in [2.05, 4.69) is 9.93 Å². The fourth-order valence-electron chi connectivity index (χ4n) is 3.10. The van der Waals surface area contributed by atoms with Crippen molar-refractivity contribution in [1.82, 2.24) is 9.55 Å². The molecule has 2 aromatic heterocycles. The molecule has 0 spiro atoms. The lowest BCUT2D eigenvalue weighted by Crippen LogP contribution is -2.17. The van der Waals surface area contributed by atoms with Crippen molar-refractivity contribution in [3.8, 4) is 34.3 Å². The van der Waals surface area contributed by atoms with E-state index in [1.54, 1.807) is 23.8 Å². The third kappa shape index (κ3) is 3.85. The van der Waals surface area contributed by atoms with E-state index in [4.69, 9.17) is 14.2 Å². The number of ether oxygens (including phenoxy) is 3. The summed E-state index contributed by atoms with van der Waals surface area (Å²) in [6, 6.07) is 5.36. The molecular formula is C21H23FN2O5S. The summed E-state index contributed by atoms with van der Waals surface area (Å²) < 4.78 is 31.5. The zero-order valence-corrected chi connectivity index (χ0v) is 18.2. The highest BCUT2D eigenvalue weighted by molar-refractivity contribution is 7.08. The summed E-state index contributed by atoms with van der Waals surface area (Å²) in [5, 5.41) is 3.79. The summed E-state index contributed by atoms with van der Waals surface area (Å²) in [6.07, 6.45) is -0.0767. The molecule has 0 fully saturated rings. The maximum Gasteiger partial charge on any atom is 0.399 e. The molecule has 0 bridgehead atoms. The van der Waals surface area contributed by atoms with Crippen LogP contribution in [0, 0.1) is 0 Å². The molecule has 1 aliphatic heterocycles. The number of methoxy groups -OCH3 is 1. The second-order valence-corrected chi connectivity index (χ2v) is 7.15. The van der Waals surface area contributed by atoms with Gasteiger partial charge in [-0.3, -0.25) is 4.57 Å². The number of halogens is 1. The van der Waals surface area contributed by atoms with Gasteiger partial charge in [0.25, 0.3) is 0 Å². The Morgan fingerprint density at radius 1 is 1.30 bits per heavy atom. The van der Waals surface area contributed by atoms with Crippen LogP contribution < -0.4 is 14.2 Å². The molecule has 160 valence electrons. The number of carbonyl (C=O) groups is 1. The van der Waals surface area contributed by atoms with Crippen molar-refractivity contribution in [3.63, 3.8) is 0 Å². The lowest BCUT2D eigenvalue weighted by Gasteiger charge is -2.24. The molecule has 3 heterocycles. The number of imidazole rings is 1. The van der Waals surface area contributed by atoms with Crippen molar-refractivity contribution in [2.75, 3.05) is 7.11 Å². The number of rotatable bonds is 5. The number of hydrogen-bond acceptors (Lipinski definition) is 7. The van der Waals surface area contributed by atoms with Gasteiger partial charge in [-0.05, 0) is 25.3 Å². The third-order valence-corrected chi connectivity index (χ3v) is 4.91. The molecule has 0 atom stereocenters. The van der Waals surface area contributed by atoms with E-state index < -0.39 is 5.97 Å². The Morgan fingerprint density at radius 3 is 2.67 bits per heavy atom. The lowest BCUT2D eigenvalue weighted by molar-refractivity contribution is -0.0794. The lowest BCUT2D eigenvalue weighted by atomic mass is 10.2. The number of carbonyl (C=O) groups excluding carboxylic acids is 1. The number of fused-ring (bicyclic) bond motifs is 3. The van der Waals surface area contributed by atoms with E-state index in [0.29, 0.717) is 34.5 Å². The third-order valence-electron chi connectivity index (χ3n) is 4.23. The Kier molecular flexibility index (Phi) is 6.61. The van der Waals surface area contributed by atoms with Crippen molar-refractivity contribution in [3.05, 3.63) is 40.3 Å². The molecule has 7 nitrogen and oxygen atoms in total. The number of benzene rings is 1. The van der Waals surface area contributed by atoms with Crippen LogP contribution in [0.25, 0.3) is 17.1 Å². The summed E-state index contributed by atoms with van der Waals surface area (Å²) in [5.74, 6) is 0.907. The Morgan fingerprint density at radius 2 is 2.07 bits per heavy atom. The van der Waals surface area contributed by atoms with Crippen LogP contribution >= 0.6 is 11.3 Å². The SMILES string of the molecule is CC.COc1cc2c(cc1OC(C)C)-n1c(-c3ccsc3)nc(C(=O)OF)c1CO2. The quantitative estimate of drug-likeness (QED) is 0.539. The summed E-state index contributed by atoms with van der Waals surface area (Å²) in [5.41, 5.74) is 1.68. The molecule has 0 aliphatic carbocycles. The molecule has 1 aliphatic rings. The minimum Gasteiger partial charge on any atom is -0.493 e. The summed E-state index contributed by atoms with van der Waals surface area (Å²) in [4.78, 5) is 19.7. The van der Waals surface area contributed by atoms with Crippen molar-refractivity contribution in [2.24, 2.45) is 0 Å². The van der Waals surface area contributed by atoms with Crippen LogP contribution in [-0.4, -0.2) is 28.7 Å². The minimum atomic E-state index is -1.16. The normalized spacial score (nSPS) is 11.6. The molecule has 3 aromatic rings. The highest BCUT2D eigenvalue weighted by Crippen LogP contribution is 2.43. The summed E-state index contributed by atoms with van der Waals surface area (Å²) >= 11 is 1.49. The van der Waals surface area contributed by atoms with Gasteiger partial charge in [0.2, 0.25) is 0 Å². The van der Waals surface area contributed by atoms with E-state index >= 15 is 0 Å². The molecule has 0 unspecified atom stereocenters. The molecule has 0 radical (unpaired) electrons. The van der Waals surface area contributed by atoms with Crippen molar-refractivity contribution in [1.29, 1.82) is 0 Å². The van der Waals surface area contributed by atoms with Crippen LogP contribution in [0.5, 0.6) is 17.2 Å². The zero-order valence-electron chi connectivity index (χ0n) is 17.4. The second kappa shape index (κ2) is 9.17. The molecule has 4 rings (SSSR count). The number of aromatic nitrogens is 2. The Balaban J connectivity index is 0.00000124. The van der Waals surface area contributed by atoms with Crippen LogP contribution in [-0.2, 0) is 11.5 Å². The first-order valence-corrected chi connectivity index (χ1v) is 10.5. The molecule has 0 N–H and O–H groups in total. The summed E-state index contributed by atoms with van der Waals surface area (Å²) in [7, 11) is 1.55. The molecule has 30 heavy (non-hydrogen) atoms. The van der Waals surface area contributed by atoms with Crippen molar-refractivity contribution in [2.45, 2.75) is 40.4 Å². The van der Waals surface area contributed by atoms with Gasteiger partial charge in [-0.15, -0.1) is 0 Å². The maximum absolute atomic E-state index is 12.6. The molecule has 0 amide bonds. The van der Waals surface area contributed by atoms with Gasteiger partial charge in [-0.2, -0.15) is 11.3 Å². The Labute approximate surface area is 177 Å². The van der Waals surface area contributed by atoms with Gasteiger partial charge < -0.3 is 14.2 Å². The van der Waals surface area contributed by atoms with Crippen LogP contribution in [0.3, 0.4) is 0 Å². The summed E-state index contributed by atoms with van der Waals surface area (Å²) in [6.45, 7) is 7.84. The average molecular weight is 434 g/mol. The predicted octanol–water partition coefficient (Wildman–Crippen LogP) is 5.36. The van der Waals surface area contributed by atoms with Crippen LogP contribution in [0.4, 0.5) is 4.53 Å². The fourth-order valence-corrected chi connectivity index (χ4v) is 3.74. The van der Waals surface area contributed by atoms with Crippen molar-refractivity contribution >= 4 is 17.3 Å². The van der Waals surface area contributed by atoms with Gasteiger partial charge in [0.15, 0.2) is 17.2 Å². The van der Waals surface area contributed by atoms with Gasteiger partial charge in [0.1, 0.15) is 18.2 Å². The smallest absolute Gasteiger partial charge is 0.399 e. The highest BCUT2D eigenvalue weighted by atomic mass is 32.1. The number of hydrogen-bond donors (Lipinski definition) is 0. The first-order valence-electron chi connectivity index (χ1n) is 9.52. The maximum atomic E-state index is 12.6. The standard InChI is InChI=1S/C19H17FN2O5S.C2H6/c1-10(2)26-16-6-12-14(7-15(16)24-3)25-8-13-17(19(23)27-20)21-18(22(12)13)11-4-5-28-9-11;1-2/h4-7,9-10H,8H2,1-3H3;1-2H3. The topological polar surface area (TPSA) is 71.8 Å². The predicted molar refractivity (Wildman–Crippen MR) is 111 cm³/mol. The first-order chi connectivity index (χ1) is 14.5. The van der Waals surface area contributed by atoms with Crippen LogP contribution in [0.2, 0.25) is 0 Å². The number of nitrogens with zero attached hydrogens (tertiary/aromatic N) is 2. The average Bonchev–Trinajstić information content (AvgIpc) is 3.41. The van der Waals surface area contributed by atoms with Crippen LogP contribution in [0.1, 0.15) is 43.9 Å². The fraction of sp³-hybridized carbons (Fsp3) is 0.333. The molecule has 0 saturated carbocycles.